The highest BCUT2D eigenvalue weighted by atomic mass is 32.2. The standard InChI is InChI=1S/C20H26F3NO6S/c1-28-18(25)19(8-12-29-13-9-19)17(31(26)27)24-10-6-16(7-11-24)30-15-4-2-14(3-5-15)20(21,22)23/h2-5,16-17H,6-13H2,1H3,(H,26,27). The number of methoxy groups -OCH3 is 1. The van der Waals surface area contributed by atoms with Crippen LogP contribution in [0.3, 0.4) is 0 Å². The van der Waals surface area contributed by atoms with Gasteiger partial charge in [-0.3, -0.25) is 9.69 Å². The van der Waals surface area contributed by atoms with Crippen molar-refractivity contribution in [2.24, 2.45) is 5.41 Å². The van der Waals surface area contributed by atoms with Gasteiger partial charge in [-0.15, -0.1) is 0 Å². The molecule has 0 aliphatic carbocycles. The molecule has 0 radical (unpaired) electrons. The summed E-state index contributed by atoms with van der Waals surface area (Å²) in [4.78, 5) is 14.4. The average Bonchev–Trinajstić information content (AvgIpc) is 2.74. The van der Waals surface area contributed by atoms with Crippen LogP contribution in [-0.2, 0) is 31.5 Å². The molecule has 0 amide bonds. The number of piperidine rings is 1. The maximum Gasteiger partial charge on any atom is 0.416 e. The van der Waals surface area contributed by atoms with E-state index in [1.807, 2.05) is 4.90 Å². The second-order valence-electron chi connectivity index (χ2n) is 7.76. The van der Waals surface area contributed by atoms with E-state index in [-0.39, 0.29) is 6.10 Å². The predicted molar refractivity (Wildman–Crippen MR) is 106 cm³/mol. The fourth-order valence-corrected chi connectivity index (χ4v) is 5.49. The van der Waals surface area contributed by atoms with E-state index in [1.54, 1.807) is 0 Å². The lowest BCUT2D eigenvalue weighted by Crippen LogP contribution is -2.58. The Morgan fingerprint density at radius 1 is 1.23 bits per heavy atom. The first kappa shape index (κ1) is 24.0. The Kier molecular flexibility index (Phi) is 7.61. The summed E-state index contributed by atoms with van der Waals surface area (Å²) in [6.45, 7) is 1.41. The smallest absolute Gasteiger partial charge is 0.416 e. The van der Waals surface area contributed by atoms with Crippen molar-refractivity contribution >= 4 is 17.0 Å². The largest absolute Gasteiger partial charge is 0.490 e. The molecule has 174 valence electrons. The van der Waals surface area contributed by atoms with Crippen LogP contribution in [0.25, 0.3) is 0 Å². The molecule has 7 nitrogen and oxygen atoms in total. The number of carbonyl (C=O) groups is 1. The number of rotatable bonds is 6. The lowest BCUT2D eigenvalue weighted by molar-refractivity contribution is -0.163. The van der Waals surface area contributed by atoms with E-state index in [9.17, 15) is 26.7 Å². The predicted octanol–water partition coefficient (Wildman–Crippen LogP) is 3.07. The van der Waals surface area contributed by atoms with Crippen LogP contribution >= 0.6 is 0 Å². The van der Waals surface area contributed by atoms with E-state index in [2.05, 4.69) is 0 Å². The van der Waals surface area contributed by atoms with Crippen molar-refractivity contribution in [1.82, 2.24) is 4.90 Å². The Bertz CT molecular complexity index is 774. The van der Waals surface area contributed by atoms with E-state index < -0.39 is 39.6 Å². The van der Waals surface area contributed by atoms with E-state index in [0.717, 1.165) is 12.1 Å². The molecule has 2 heterocycles. The Morgan fingerprint density at radius 3 is 2.29 bits per heavy atom. The van der Waals surface area contributed by atoms with Gasteiger partial charge < -0.3 is 18.8 Å². The first-order chi connectivity index (χ1) is 14.7. The molecule has 2 aliphatic heterocycles. The molecule has 2 saturated heterocycles. The van der Waals surface area contributed by atoms with Gasteiger partial charge in [-0.2, -0.15) is 13.2 Å². The summed E-state index contributed by atoms with van der Waals surface area (Å²) in [5.41, 5.74) is -1.87. The highest BCUT2D eigenvalue weighted by Gasteiger charge is 2.53. The third-order valence-electron chi connectivity index (χ3n) is 5.93. The molecule has 3 rings (SSSR count). The van der Waals surface area contributed by atoms with Gasteiger partial charge in [0.25, 0.3) is 0 Å². The number of benzene rings is 1. The van der Waals surface area contributed by atoms with Gasteiger partial charge in [0, 0.05) is 26.3 Å². The van der Waals surface area contributed by atoms with Crippen molar-refractivity contribution in [1.29, 1.82) is 0 Å². The molecule has 2 unspecified atom stereocenters. The number of carbonyl (C=O) groups excluding carboxylic acids is 1. The summed E-state index contributed by atoms with van der Waals surface area (Å²) in [5, 5.41) is -0.934. The summed E-state index contributed by atoms with van der Waals surface area (Å²) in [6.07, 6.45) is -3.06. The first-order valence-electron chi connectivity index (χ1n) is 10.0. The zero-order valence-electron chi connectivity index (χ0n) is 17.1. The van der Waals surface area contributed by atoms with Gasteiger partial charge in [0.15, 0.2) is 11.1 Å². The van der Waals surface area contributed by atoms with Crippen LogP contribution in [0.1, 0.15) is 31.2 Å². The van der Waals surface area contributed by atoms with E-state index in [4.69, 9.17) is 14.2 Å². The monoisotopic (exact) mass is 465 g/mol. The zero-order chi connectivity index (χ0) is 22.6. The average molecular weight is 465 g/mol. The van der Waals surface area contributed by atoms with Gasteiger partial charge in [-0.1, -0.05) is 0 Å². The molecule has 2 atom stereocenters. The van der Waals surface area contributed by atoms with Crippen LogP contribution in [0.15, 0.2) is 24.3 Å². The van der Waals surface area contributed by atoms with Crippen LogP contribution in [0, 0.1) is 5.41 Å². The number of esters is 1. The number of halogens is 3. The fraction of sp³-hybridized carbons (Fsp3) is 0.650. The molecular weight excluding hydrogens is 439 g/mol. The van der Waals surface area contributed by atoms with E-state index in [1.165, 1.54) is 19.2 Å². The fourth-order valence-electron chi connectivity index (χ4n) is 4.30. The molecule has 0 saturated carbocycles. The van der Waals surface area contributed by atoms with Crippen molar-refractivity contribution < 1.29 is 40.9 Å². The molecule has 0 aromatic heterocycles. The summed E-state index contributed by atoms with van der Waals surface area (Å²) in [5.74, 6) is -0.185. The van der Waals surface area contributed by atoms with Gasteiger partial charge in [-0.25, -0.2) is 4.21 Å². The van der Waals surface area contributed by atoms with Crippen molar-refractivity contribution in [3.8, 4) is 5.75 Å². The highest BCUT2D eigenvalue weighted by molar-refractivity contribution is 7.79. The van der Waals surface area contributed by atoms with Crippen molar-refractivity contribution in [3.63, 3.8) is 0 Å². The number of alkyl halides is 3. The van der Waals surface area contributed by atoms with Gasteiger partial charge >= 0.3 is 12.1 Å². The van der Waals surface area contributed by atoms with Crippen LogP contribution in [0.5, 0.6) is 5.75 Å². The number of hydrogen-bond acceptors (Lipinski definition) is 6. The third-order valence-corrected chi connectivity index (χ3v) is 7.06. The normalized spacial score (nSPS) is 22.5. The second kappa shape index (κ2) is 9.85. The minimum absolute atomic E-state index is 0.246. The van der Waals surface area contributed by atoms with Gasteiger partial charge in [0.05, 0.1) is 12.7 Å². The summed E-state index contributed by atoms with van der Waals surface area (Å²) in [6, 6.07) is 4.52. The van der Waals surface area contributed by atoms with E-state index >= 15 is 0 Å². The lowest BCUT2D eigenvalue weighted by atomic mass is 9.78. The molecular formula is C20H26F3NO6S. The molecule has 11 heteroatoms. The minimum atomic E-state index is -4.40. The van der Waals surface area contributed by atoms with Crippen molar-refractivity contribution in [2.75, 3.05) is 33.4 Å². The molecule has 0 spiro atoms. The molecule has 31 heavy (non-hydrogen) atoms. The third kappa shape index (κ3) is 5.39. The molecule has 1 aromatic carbocycles. The Hall–Kier alpha value is -1.69. The maximum absolute atomic E-state index is 12.7. The van der Waals surface area contributed by atoms with Crippen LogP contribution < -0.4 is 4.74 Å². The first-order valence-corrected chi connectivity index (χ1v) is 11.2. The lowest BCUT2D eigenvalue weighted by Gasteiger charge is -2.45. The topological polar surface area (TPSA) is 85.3 Å². The molecule has 2 fully saturated rings. The number of hydrogen-bond donors (Lipinski definition) is 1. The van der Waals surface area contributed by atoms with Crippen LogP contribution in [-0.4, -0.2) is 64.5 Å². The van der Waals surface area contributed by atoms with Gasteiger partial charge in [-0.05, 0) is 49.9 Å². The van der Waals surface area contributed by atoms with Crippen LogP contribution in [0.4, 0.5) is 13.2 Å². The number of nitrogens with zero attached hydrogens (tertiary/aromatic N) is 1. The summed E-state index contributed by atoms with van der Waals surface area (Å²) in [7, 11) is 1.26. The Morgan fingerprint density at radius 2 is 1.81 bits per heavy atom. The SMILES string of the molecule is COC(=O)C1(C(N2CCC(Oc3ccc(C(F)(F)F)cc3)CC2)S(=O)O)CCOCC1. The van der Waals surface area contributed by atoms with Gasteiger partial charge in [0.1, 0.15) is 22.6 Å². The second-order valence-corrected chi connectivity index (χ2v) is 8.76. The number of likely N-dealkylation sites (tertiary alicyclic amines) is 1. The highest BCUT2D eigenvalue weighted by Crippen LogP contribution is 2.40. The maximum atomic E-state index is 12.7. The minimum Gasteiger partial charge on any atom is -0.490 e. The van der Waals surface area contributed by atoms with Gasteiger partial charge in [0.2, 0.25) is 0 Å². The zero-order valence-corrected chi connectivity index (χ0v) is 17.9. The Balaban J connectivity index is 1.66. The van der Waals surface area contributed by atoms with Crippen molar-refractivity contribution in [2.45, 2.75) is 43.3 Å². The quantitative estimate of drug-likeness (QED) is 0.511. The molecule has 1 aromatic rings. The molecule has 2 aliphatic rings. The van der Waals surface area contributed by atoms with E-state index in [0.29, 0.717) is 57.7 Å². The summed E-state index contributed by atoms with van der Waals surface area (Å²) >= 11 is -2.30. The number of ether oxygens (including phenoxy) is 3. The van der Waals surface area contributed by atoms with Crippen molar-refractivity contribution in [3.05, 3.63) is 29.8 Å². The summed E-state index contributed by atoms with van der Waals surface area (Å²) < 4.78 is 76.6. The van der Waals surface area contributed by atoms with Crippen LogP contribution in [0.2, 0.25) is 0 Å². The molecule has 1 N–H and O–H groups in total. The molecule has 0 bridgehead atoms. The Labute approximate surface area is 181 Å².